The lowest BCUT2D eigenvalue weighted by Crippen LogP contribution is -2.47. The fraction of sp³-hybridized carbons (Fsp3) is 0.765. The lowest BCUT2D eigenvalue weighted by Gasteiger charge is -2.32. The Balaban J connectivity index is 1.68. The van der Waals surface area contributed by atoms with Crippen molar-refractivity contribution in [2.45, 2.75) is 62.8 Å². The SMILES string of the molecule is Cc1c(S(=O)(=O)N2CCCC(C(=O)NC3CCCCC3)C2)cnn1C. The smallest absolute Gasteiger partial charge is 0.246 e. The predicted molar refractivity (Wildman–Crippen MR) is 94.4 cm³/mol. The molecule has 2 aliphatic rings. The van der Waals surface area contributed by atoms with Gasteiger partial charge < -0.3 is 5.32 Å². The van der Waals surface area contributed by atoms with Crippen LogP contribution in [0.2, 0.25) is 0 Å². The zero-order chi connectivity index (χ0) is 18.0. The molecule has 25 heavy (non-hydrogen) atoms. The Kier molecular flexibility index (Phi) is 5.48. The molecule has 1 aromatic heterocycles. The van der Waals surface area contributed by atoms with Crippen molar-refractivity contribution in [1.82, 2.24) is 19.4 Å². The van der Waals surface area contributed by atoms with Crippen LogP contribution < -0.4 is 5.32 Å². The standard InChI is InChI=1S/C17H28N4O3S/c1-13-16(11-18-20(13)2)25(23,24)21-10-6-7-14(12-21)17(22)19-15-8-4-3-5-9-15/h11,14-15H,3-10,12H2,1-2H3,(H,19,22). The van der Waals surface area contributed by atoms with Gasteiger partial charge in [-0.3, -0.25) is 9.48 Å². The summed E-state index contributed by atoms with van der Waals surface area (Å²) in [5.74, 6) is -0.253. The van der Waals surface area contributed by atoms with Crippen molar-refractivity contribution in [3.05, 3.63) is 11.9 Å². The summed E-state index contributed by atoms with van der Waals surface area (Å²) in [4.78, 5) is 12.8. The second kappa shape index (κ2) is 7.45. The van der Waals surface area contributed by atoms with Gasteiger partial charge in [-0.25, -0.2) is 8.42 Å². The number of sulfonamides is 1. The second-order valence-electron chi connectivity index (χ2n) is 7.26. The molecule has 140 valence electrons. The molecule has 0 spiro atoms. The largest absolute Gasteiger partial charge is 0.353 e. The first-order chi connectivity index (χ1) is 11.9. The van der Waals surface area contributed by atoms with Gasteiger partial charge in [-0.05, 0) is 32.6 Å². The Morgan fingerprint density at radius 2 is 1.92 bits per heavy atom. The van der Waals surface area contributed by atoms with Crippen LogP contribution in [0.1, 0.15) is 50.6 Å². The van der Waals surface area contributed by atoms with E-state index in [-0.39, 0.29) is 29.3 Å². The third-order valence-electron chi connectivity index (χ3n) is 5.51. The van der Waals surface area contributed by atoms with E-state index >= 15 is 0 Å². The normalized spacial score (nSPS) is 23.5. The average Bonchev–Trinajstić information content (AvgIpc) is 2.95. The number of carbonyl (C=O) groups is 1. The molecule has 1 saturated heterocycles. The number of hydrogen-bond acceptors (Lipinski definition) is 4. The van der Waals surface area contributed by atoms with Crippen molar-refractivity contribution >= 4 is 15.9 Å². The minimum Gasteiger partial charge on any atom is -0.353 e. The summed E-state index contributed by atoms with van der Waals surface area (Å²) >= 11 is 0. The Bertz CT molecular complexity index is 722. The van der Waals surface area contributed by atoms with Gasteiger partial charge in [0.1, 0.15) is 4.90 Å². The molecule has 1 amide bonds. The summed E-state index contributed by atoms with van der Waals surface area (Å²) in [5.41, 5.74) is 0.619. The van der Waals surface area contributed by atoms with Crippen molar-refractivity contribution in [2.75, 3.05) is 13.1 Å². The molecular formula is C17H28N4O3S. The number of aromatic nitrogens is 2. The fourth-order valence-corrected chi connectivity index (χ4v) is 5.52. The third-order valence-corrected chi connectivity index (χ3v) is 7.48. The molecule has 0 bridgehead atoms. The summed E-state index contributed by atoms with van der Waals surface area (Å²) in [6, 6.07) is 0.258. The van der Waals surface area contributed by atoms with Crippen LogP contribution in [-0.2, 0) is 21.9 Å². The lowest BCUT2D eigenvalue weighted by atomic mass is 9.93. The minimum absolute atomic E-state index is 0.00899. The summed E-state index contributed by atoms with van der Waals surface area (Å²) in [7, 11) is -1.87. The van der Waals surface area contributed by atoms with Crippen molar-refractivity contribution in [3.8, 4) is 0 Å². The molecule has 1 aliphatic carbocycles. The van der Waals surface area contributed by atoms with Gasteiger partial charge in [0, 0.05) is 26.2 Å². The van der Waals surface area contributed by atoms with E-state index < -0.39 is 10.0 Å². The summed E-state index contributed by atoms with van der Waals surface area (Å²) in [5, 5.41) is 7.18. The highest BCUT2D eigenvalue weighted by molar-refractivity contribution is 7.89. The molecule has 1 unspecified atom stereocenters. The van der Waals surface area contributed by atoms with Gasteiger partial charge in [-0.1, -0.05) is 19.3 Å². The highest BCUT2D eigenvalue weighted by Crippen LogP contribution is 2.26. The topological polar surface area (TPSA) is 84.3 Å². The fourth-order valence-electron chi connectivity index (χ4n) is 3.81. The molecule has 1 N–H and O–H groups in total. The molecule has 1 saturated carbocycles. The van der Waals surface area contributed by atoms with E-state index in [1.54, 1.807) is 18.7 Å². The Labute approximate surface area is 149 Å². The minimum atomic E-state index is -3.60. The van der Waals surface area contributed by atoms with Crippen LogP contribution in [0.15, 0.2) is 11.1 Å². The molecular weight excluding hydrogens is 340 g/mol. The van der Waals surface area contributed by atoms with E-state index in [0.29, 0.717) is 18.7 Å². The predicted octanol–water partition coefficient (Wildman–Crippen LogP) is 1.58. The first-order valence-electron chi connectivity index (χ1n) is 9.18. The monoisotopic (exact) mass is 368 g/mol. The molecule has 1 aliphatic heterocycles. The number of aryl methyl sites for hydroxylation is 1. The maximum atomic E-state index is 12.9. The highest BCUT2D eigenvalue weighted by Gasteiger charge is 2.35. The third kappa shape index (κ3) is 3.89. The Morgan fingerprint density at radius 1 is 1.20 bits per heavy atom. The van der Waals surface area contributed by atoms with Gasteiger partial charge in [0.05, 0.1) is 17.8 Å². The van der Waals surface area contributed by atoms with E-state index in [0.717, 1.165) is 32.1 Å². The van der Waals surface area contributed by atoms with E-state index in [4.69, 9.17) is 0 Å². The number of nitrogens with one attached hydrogen (secondary N) is 1. The van der Waals surface area contributed by atoms with Gasteiger partial charge in [-0.15, -0.1) is 0 Å². The quantitative estimate of drug-likeness (QED) is 0.874. The molecule has 1 aromatic rings. The van der Waals surface area contributed by atoms with E-state index in [1.165, 1.54) is 16.9 Å². The first kappa shape index (κ1) is 18.4. The molecule has 8 heteroatoms. The number of amides is 1. The maximum absolute atomic E-state index is 12.9. The van der Waals surface area contributed by atoms with Crippen molar-refractivity contribution in [1.29, 1.82) is 0 Å². The molecule has 1 atom stereocenters. The number of carbonyl (C=O) groups excluding carboxylic acids is 1. The second-order valence-corrected chi connectivity index (χ2v) is 9.17. The van der Waals surface area contributed by atoms with Gasteiger partial charge in [0.2, 0.25) is 15.9 Å². The zero-order valence-corrected chi connectivity index (χ0v) is 15.9. The van der Waals surface area contributed by atoms with Gasteiger partial charge >= 0.3 is 0 Å². The average molecular weight is 369 g/mol. The molecule has 0 aromatic carbocycles. The van der Waals surface area contributed by atoms with Crippen LogP contribution in [0.5, 0.6) is 0 Å². The van der Waals surface area contributed by atoms with Gasteiger partial charge in [0.25, 0.3) is 0 Å². The first-order valence-corrected chi connectivity index (χ1v) is 10.6. The van der Waals surface area contributed by atoms with E-state index in [1.807, 2.05) is 0 Å². The molecule has 3 rings (SSSR count). The number of hydrogen-bond donors (Lipinski definition) is 1. The van der Waals surface area contributed by atoms with Crippen LogP contribution in [-0.4, -0.2) is 47.5 Å². The van der Waals surface area contributed by atoms with E-state index in [9.17, 15) is 13.2 Å². The molecule has 0 radical (unpaired) electrons. The Hall–Kier alpha value is -1.41. The van der Waals surface area contributed by atoms with Crippen LogP contribution in [0, 0.1) is 12.8 Å². The number of rotatable bonds is 4. The summed E-state index contributed by atoms with van der Waals surface area (Å²) < 4.78 is 28.9. The lowest BCUT2D eigenvalue weighted by molar-refractivity contribution is -0.127. The number of piperidine rings is 1. The van der Waals surface area contributed by atoms with Gasteiger partial charge in [-0.2, -0.15) is 9.40 Å². The van der Waals surface area contributed by atoms with Crippen molar-refractivity contribution < 1.29 is 13.2 Å². The van der Waals surface area contributed by atoms with Crippen molar-refractivity contribution in [2.24, 2.45) is 13.0 Å². The molecule has 7 nitrogen and oxygen atoms in total. The van der Waals surface area contributed by atoms with Crippen LogP contribution >= 0.6 is 0 Å². The Morgan fingerprint density at radius 3 is 2.56 bits per heavy atom. The van der Waals surface area contributed by atoms with Crippen molar-refractivity contribution in [3.63, 3.8) is 0 Å². The van der Waals surface area contributed by atoms with Gasteiger partial charge in [0.15, 0.2) is 0 Å². The summed E-state index contributed by atoms with van der Waals surface area (Å²) in [6.45, 7) is 2.47. The maximum Gasteiger partial charge on any atom is 0.246 e. The van der Waals surface area contributed by atoms with E-state index in [2.05, 4.69) is 10.4 Å². The zero-order valence-electron chi connectivity index (χ0n) is 15.1. The molecule has 2 heterocycles. The van der Waals surface area contributed by atoms with Crippen LogP contribution in [0.3, 0.4) is 0 Å². The number of nitrogens with zero attached hydrogens (tertiary/aromatic N) is 3. The highest BCUT2D eigenvalue weighted by atomic mass is 32.2. The molecule has 2 fully saturated rings. The van der Waals surface area contributed by atoms with Crippen LogP contribution in [0.25, 0.3) is 0 Å². The summed E-state index contributed by atoms with van der Waals surface area (Å²) in [6.07, 6.45) is 8.50. The van der Waals surface area contributed by atoms with Crippen LogP contribution in [0.4, 0.5) is 0 Å².